The smallest absolute Gasteiger partial charge is 0.134 e. The molecule has 0 aliphatic carbocycles. The van der Waals surface area contributed by atoms with Crippen molar-refractivity contribution in [2.24, 2.45) is 5.73 Å². The normalized spacial score (nSPS) is 13.2. The van der Waals surface area contributed by atoms with Crippen molar-refractivity contribution in [3.63, 3.8) is 0 Å². The second-order valence-electron chi connectivity index (χ2n) is 2.95. The third-order valence-electron chi connectivity index (χ3n) is 2.08. The third-order valence-corrected chi connectivity index (χ3v) is 2.08. The molecule has 1 aromatic rings. The highest BCUT2D eigenvalue weighted by atomic mass is 15.3. The third kappa shape index (κ3) is 1.82. The van der Waals surface area contributed by atoms with Crippen LogP contribution in [0.2, 0.25) is 0 Å². The number of nitrogens with two attached hydrogens (primary N) is 1. The molecule has 1 rings (SSSR count). The van der Waals surface area contributed by atoms with Gasteiger partial charge in [0, 0.05) is 12.5 Å². The molecule has 0 saturated carbocycles. The quantitative estimate of drug-likeness (QED) is 0.721. The van der Waals surface area contributed by atoms with Crippen molar-refractivity contribution < 1.29 is 0 Å². The Bertz CT molecular complexity index is 231. The number of aromatic nitrogens is 3. The Kier molecular flexibility index (Phi) is 3.22. The van der Waals surface area contributed by atoms with Crippen molar-refractivity contribution in [1.29, 1.82) is 0 Å². The van der Waals surface area contributed by atoms with E-state index in [-0.39, 0.29) is 0 Å². The second kappa shape index (κ2) is 4.21. The van der Waals surface area contributed by atoms with Crippen LogP contribution in [-0.4, -0.2) is 21.3 Å². The summed E-state index contributed by atoms with van der Waals surface area (Å²) in [5.41, 5.74) is 5.45. The van der Waals surface area contributed by atoms with Crippen molar-refractivity contribution >= 4 is 0 Å². The van der Waals surface area contributed by atoms with Gasteiger partial charge in [-0.3, -0.25) is 0 Å². The molecule has 0 aromatic carbocycles. The minimum atomic E-state index is 0.474. The Morgan fingerprint density at radius 2 is 2.42 bits per heavy atom. The Morgan fingerprint density at radius 3 is 3.00 bits per heavy atom. The number of hydrogen-bond acceptors (Lipinski definition) is 3. The van der Waals surface area contributed by atoms with Crippen LogP contribution < -0.4 is 5.73 Å². The van der Waals surface area contributed by atoms with Crippen LogP contribution in [0, 0.1) is 0 Å². The van der Waals surface area contributed by atoms with Gasteiger partial charge in [0.2, 0.25) is 0 Å². The predicted molar refractivity (Wildman–Crippen MR) is 47.8 cm³/mol. The minimum Gasteiger partial charge on any atom is -0.330 e. The average molecular weight is 168 g/mol. The maximum atomic E-state index is 5.45. The molecule has 0 radical (unpaired) electrons. The SMILES string of the molecule is CCC(C)n1cnnc1CCN. The maximum Gasteiger partial charge on any atom is 0.134 e. The van der Waals surface area contributed by atoms with E-state index in [1.807, 2.05) is 0 Å². The van der Waals surface area contributed by atoms with E-state index in [0.29, 0.717) is 12.6 Å². The molecule has 4 nitrogen and oxygen atoms in total. The van der Waals surface area contributed by atoms with Gasteiger partial charge in [0.15, 0.2) is 0 Å². The van der Waals surface area contributed by atoms with Crippen molar-refractivity contribution in [2.75, 3.05) is 6.54 Å². The summed E-state index contributed by atoms with van der Waals surface area (Å²) in [4.78, 5) is 0. The molecular formula is C8H16N4. The zero-order valence-electron chi connectivity index (χ0n) is 7.70. The fraction of sp³-hybridized carbons (Fsp3) is 0.750. The summed E-state index contributed by atoms with van der Waals surface area (Å²) in [6.45, 7) is 4.94. The van der Waals surface area contributed by atoms with E-state index in [1.54, 1.807) is 6.33 Å². The van der Waals surface area contributed by atoms with Crippen LogP contribution >= 0.6 is 0 Å². The molecule has 1 atom stereocenters. The molecular weight excluding hydrogens is 152 g/mol. The molecule has 4 heteroatoms. The van der Waals surface area contributed by atoms with E-state index in [4.69, 9.17) is 5.73 Å². The van der Waals surface area contributed by atoms with Gasteiger partial charge in [-0.15, -0.1) is 10.2 Å². The second-order valence-corrected chi connectivity index (χ2v) is 2.95. The van der Waals surface area contributed by atoms with Gasteiger partial charge >= 0.3 is 0 Å². The number of rotatable bonds is 4. The number of hydrogen-bond donors (Lipinski definition) is 1. The first-order chi connectivity index (χ1) is 5.79. The van der Waals surface area contributed by atoms with Crippen LogP contribution in [0.25, 0.3) is 0 Å². The van der Waals surface area contributed by atoms with Gasteiger partial charge in [0.05, 0.1) is 0 Å². The molecule has 2 N–H and O–H groups in total. The molecule has 0 saturated heterocycles. The van der Waals surface area contributed by atoms with E-state index >= 15 is 0 Å². The molecule has 1 heterocycles. The summed E-state index contributed by atoms with van der Waals surface area (Å²) < 4.78 is 2.09. The number of nitrogens with zero attached hydrogens (tertiary/aromatic N) is 3. The monoisotopic (exact) mass is 168 g/mol. The predicted octanol–water partition coefficient (Wildman–Crippen LogP) is 0.750. The average Bonchev–Trinajstić information content (AvgIpc) is 2.52. The molecule has 1 unspecified atom stereocenters. The first-order valence-electron chi connectivity index (χ1n) is 4.38. The topological polar surface area (TPSA) is 56.7 Å². The van der Waals surface area contributed by atoms with Crippen molar-refractivity contribution in [2.45, 2.75) is 32.7 Å². The minimum absolute atomic E-state index is 0.474. The summed E-state index contributed by atoms with van der Waals surface area (Å²) in [5, 5.41) is 7.88. The van der Waals surface area contributed by atoms with Crippen LogP contribution in [0.15, 0.2) is 6.33 Å². The molecule has 0 spiro atoms. The standard InChI is InChI=1S/C8H16N4/c1-3-7(2)12-6-10-11-8(12)4-5-9/h6-7H,3-5,9H2,1-2H3. The fourth-order valence-corrected chi connectivity index (χ4v) is 1.14. The van der Waals surface area contributed by atoms with Crippen LogP contribution in [0.5, 0.6) is 0 Å². The van der Waals surface area contributed by atoms with E-state index in [2.05, 4.69) is 28.6 Å². The zero-order chi connectivity index (χ0) is 8.97. The summed E-state index contributed by atoms with van der Waals surface area (Å²) in [7, 11) is 0. The van der Waals surface area contributed by atoms with E-state index in [1.165, 1.54) is 0 Å². The molecule has 0 aliphatic heterocycles. The van der Waals surface area contributed by atoms with Gasteiger partial charge < -0.3 is 10.3 Å². The van der Waals surface area contributed by atoms with Crippen molar-refractivity contribution in [3.8, 4) is 0 Å². The molecule has 1 aromatic heterocycles. The van der Waals surface area contributed by atoms with Gasteiger partial charge in [0.1, 0.15) is 12.2 Å². The summed E-state index contributed by atoms with van der Waals surface area (Å²) in [6.07, 6.45) is 3.68. The van der Waals surface area contributed by atoms with Crippen LogP contribution in [0.4, 0.5) is 0 Å². The lowest BCUT2D eigenvalue weighted by atomic mass is 10.2. The Hall–Kier alpha value is -0.900. The molecule has 0 amide bonds. The van der Waals surface area contributed by atoms with Crippen molar-refractivity contribution in [3.05, 3.63) is 12.2 Å². The summed E-state index contributed by atoms with van der Waals surface area (Å²) in [5.74, 6) is 0.992. The molecule has 68 valence electrons. The first kappa shape index (κ1) is 9.19. The highest BCUT2D eigenvalue weighted by molar-refractivity contribution is 4.88. The van der Waals surface area contributed by atoms with E-state index < -0.39 is 0 Å². The van der Waals surface area contributed by atoms with Crippen LogP contribution in [0.3, 0.4) is 0 Å². The summed E-state index contributed by atoms with van der Waals surface area (Å²) in [6, 6.07) is 0.474. The lowest BCUT2D eigenvalue weighted by molar-refractivity contribution is 0.508. The highest BCUT2D eigenvalue weighted by Gasteiger charge is 2.07. The Balaban J connectivity index is 2.76. The molecule has 0 fully saturated rings. The Labute approximate surface area is 72.8 Å². The Morgan fingerprint density at radius 1 is 1.67 bits per heavy atom. The lowest BCUT2D eigenvalue weighted by Gasteiger charge is -2.11. The van der Waals surface area contributed by atoms with E-state index in [0.717, 1.165) is 18.7 Å². The summed E-state index contributed by atoms with van der Waals surface area (Å²) >= 11 is 0. The van der Waals surface area contributed by atoms with Gasteiger partial charge in [0.25, 0.3) is 0 Å². The van der Waals surface area contributed by atoms with Gasteiger partial charge in [-0.2, -0.15) is 0 Å². The molecule has 0 aliphatic rings. The van der Waals surface area contributed by atoms with Crippen LogP contribution in [-0.2, 0) is 6.42 Å². The highest BCUT2D eigenvalue weighted by Crippen LogP contribution is 2.11. The zero-order valence-corrected chi connectivity index (χ0v) is 7.70. The van der Waals surface area contributed by atoms with Gasteiger partial charge in [-0.25, -0.2) is 0 Å². The maximum absolute atomic E-state index is 5.45. The fourth-order valence-electron chi connectivity index (χ4n) is 1.14. The van der Waals surface area contributed by atoms with Gasteiger partial charge in [-0.1, -0.05) is 6.92 Å². The van der Waals surface area contributed by atoms with E-state index in [9.17, 15) is 0 Å². The largest absolute Gasteiger partial charge is 0.330 e. The van der Waals surface area contributed by atoms with Gasteiger partial charge in [-0.05, 0) is 19.9 Å². The first-order valence-corrected chi connectivity index (χ1v) is 4.38. The van der Waals surface area contributed by atoms with Crippen molar-refractivity contribution in [1.82, 2.24) is 14.8 Å². The lowest BCUT2D eigenvalue weighted by Crippen LogP contribution is -2.12. The molecule has 0 bridgehead atoms. The molecule has 12 heavy (non-hydrogen) atoms. The van der Waals surface area contributed by atoms with Crippen LogP contribution in [0.1, 0.15) is 32.1 Å².